The number of hydrogen-bond donors (Lipinski definition) is 1. The van der Waals surface area contributed by atoms with Gasteiger partial charge in [0.25, 0.3) is 11.5 Å². The summed E-state index contributed by atoms with van der Waals surface area (Å²) in [6.07, 6.45) is 2.87. The van der Waals surface area contributed by atoms with E-state index < -0.39 is 11.5 Å². The van der Waals surface area contributed by atoms with Gasteiger partial charge in [-0.25, -0.2) is 4.98 Å². The molecule has 0 aliphatic heterocycles. The molecule has 2 aromatic heterocycles. The number of fused-ring (bicyclic) bond motifs is 1. The van der Waals surface area contributed by atoms with Crippen molar-refractivity contribution in [1.29, 1.82) is 0 Å². The monoisotopic (exact) mass is 357 g/mol. The summed E-state index contributed by atoms with van der Waals surface area (Å²) in [7, 11) is 0. The summed E-state index contributed by atoms with van der Waals surface area (Å²) in [5.74, 6) is 0.860. The maximum absolute atomic E-state index is 12.5. The van der Waals surface area contributed by atoms with Gasteiger partial charge in [-0.1, -0.05) is 24.3 Å². The van der Waals surface area contributed by atoms with Gasteiger partial charge in [0.2, 0.25) is 0 Å². The van der Waals surface area contributed by atoms with E-state index in [9.17, 15) is 9.59 Å². The van der Waals surface area contributed by atoms with Crippen LogP contribution in [0.5, 0.6) is 11.5 Å². The van der Waals surface area contributed by atoms with Crippen LogP contribution in [0.3, 0.4) is 0 Å². The van der Waals surface area contributed by atoms with Crippen molar-refractivity contribution in [3.63, 3.8) is 0 Å². The van der Waals surface area contributed by atoms with Crippen molar-refractivity contribution in [2.45, 2.75) is 0 Å². The first-order valence-electron chi connectivity index (χ1n) is 8.31. The van der Waals surface area contributed by atoms with Gasteiger partial charge < -0.3 is 10.1 Å². The molecular formula is C21H15N3O3. The molecule has 1 N–H and O–H groups in total. The van der Waals surface area contributed by atoms with E-state index in [1.54, 1.807) is 48.7 Å². The highest BCUT2D eigenvalue weighted by atomic mass is 16.5. The van der Waals surface area contributed by atoms with Crippen molar-refractivity contribution < 1.29 is 9.53 Å². The third kappa shape index (κ3) is 3.55. The third-order valence-corrected chi connectivity index (χ3v) is 3.95. The SMILES string of the molecule is O=C(Nc1ccc(Oc2ccccc2)cc1)c1cnc2ccccn2c1=O. The lowest BCUT2D eigenvalue weighted by atomic mass is 10.2. The smallest absolute Gasteiger partial charge is 0.270 e. The summed E-state index contributed by atoms with van der Waals surface area (Å²) in [6, 6.07) is 21.5. The predicted octanol–water partition coefficient (Wildman–Crippen LogP) is 3.74. The van der Waals surface area contributed by atoms with Crippen LogP contribution in [0, 0.1) is 0 Å². The number of carbonyl (C=O) groups is 1. The van der Waals surface area contributed by atoms with Crippen LogP contribution in [-0.4, -0.2) is 15.3 Å². The Kier molecular flexibility index (Phi) is 4.37. The number of amides is 1. The summed E-state index contributed by atoms with van der Waals surface area (Å²) in [6.45, 7) is 0. The van der Waals surface area contributed by atoms with Crippen LogP contribution < -0.4 is 15.6 Å². The predicted molar refractivity (Wildman–Crippen MR) is 102 cm³/mol. The Balaban J connectivity index is 1.51. The fraction of sp³-hybridized carbons (Fsp3) is 0. The second-order valence-corrected chi connectivity index (χ2v) is 5.80. The molecule has 0 radical (unpaired) electrons. The first kappa shape index (κ1) is 16.5. The van der Waals surface area contributed by atoms with E-state index in [0.29, 0.717) is 17.1 Å². The van der Waals surface area contributed by atoms with E-state index in [4.69, 9.17) is 4.74 Å². The summed E-state index contributed by atoms with van der Waals surface area (Å²) >= 11 is 0. The second kappa shape index (κ2) is 7.13. The highest BCUT2D eigenvalue weighted by molar-refractivity contribution is 6.03. The number of benzene rings is 2. The fourth-order valence-corrected chi connectivity index (χ4v) is 2.61. The summed E-state index contributed by atoms with van der Waals surface area (Å²) < 4.78 is 7.05. The van der Waals surface area contributed by atoms with Gasteiger partial charge in [0.15, 0.2) is 0 Å². The number of ether oxygens (including phenoxy) is 1. The molecule has 0 atom stereocenters. The molecule has 0 aliphatic carbocycles. The van der Waals surface area contributed by atoms with Gasteiger partial charge in [-0.05, 0) is 48.5 Å². The van der Waals surface area contributed by atoms with Crippen LogP contribution >= 0.6 is 0 Å². The number of carbonyl (C=O) groups excluding carboxylic acids is 1. The molecule has 4 rings (SSSR count). The van der Waals surface area contributed by atoms with Crippen molar-refractivity contribution in [1.82, 2.24) is 9.38 Å². The van der Waals surface area contributed by atoms with Crippen LogP contribution in [0.15, 0.2) is 90.0 Å². The number of para-hydroxylation sites is 1. The highest BCUT2D eigenvalue weighted by Gasteiger charge is 2.13. The van der Waals surface area contributed by atoms with Crippen LogP contribution in [0.4, 0.5) is 5.69 Å². The van der Waals surface area contributed by atoms with Crippen LogP contribution in [0.1, 0.15) is 10.4 Å². The van der Waals surface area contributed by atoms with Crippen molar-refractivity contribution in [2.24, 2.45) is 0 Å². The normalized spacial score (nSPS) is 10.5. The number of rotatable bonds is 4. The molecule has 0 spiro atoms. The number of nitrogens with zero attached hydrogens (tertiary/aromatic N) is 2. The number of aromatic nitrogens is 2. The number of pyridine rings is 1. The van der Waals surface area contributed by atoms with Gasteiger partial charge in [-0.15, -0.1) is 0 Å². The van der Waals surface area contributed by atoms with Crippen molar-refractivity contribution >= 4 is 17.2 Å². The Labute approximate surface area is 154 Å². The summed E-state index contributed by atoms with van der Waals surface area (Å²) in [5, 5.41) is 2.71. The fourth-order valence-electron chi connectivity index (χ4n) is 2.61. The molecule has 2 aromatic carbocycles. The van der Waals surface area contributed by atoms with Crippen LogP contribution in [0.2, 0.25) is 0 Å². The van der Waals surface area contributed by atoms with E-state index in [-0.39, 0.29) is 5.56 Å². The van der Waals surface area contributed by atoms with Crippen LogP contribution in [-0.2, 0) is 0 Å². The molecule has 6 heteroatoms. The second-order valence-electron chi connectivity index (χ2n) is 5.80. The zero-order valence-corrected chi connectivity index (χ0v) is 14.2. The molecule has 0 saturated carbocycles. The molecule has 27 heavy (non-hydrogen) atoms. The minimum Gasteiger partial charge on any atom is -0.457 e. The topological polar surface area (TPSA) is 72.7 Å². The minimum absolute atomic E-state index is 0.0247. The van der Waals surface area contributed by atoms with Crippen molar-refractivity contribution in [2.75, 3.05) is 5.32 Å². The van der Waals surface area contributed by atoms with E-state index >= 15 is 0 Å². The lowest BCUT2D eigenvalue weighted by Gasteiger charge is -2.08. The van der Waals surface area contributed by atoms with Gasteiger partial charge >= 0.3 is 0 Å². The molecule has 4 aromatic rings. The molecule has 2 heterocycles. The Morgan fingerprint density at radius 2 is 1.59 bits per heavy atom. The lowest BCUT2D eigenvalue weighted by Crippen LogP contribution is -2.26. The molecule has 132 valence electrons. The largest absolute Gasteiger partial charge is 0.457 e. The molecule has 0 saturated heterocycles. The molecule has 1 amide bonds. The van der Waals surface area contributed by atoms with Crippen molar-refractivity contribution in [3.8, 4) is 11.5 Å². The molecule has 0 bridgehead atoms. The Morgan fingerprint density at radius 3 is 2.37 bits per heavy atom. The third-order valence-electron chi connectivity index (χ3n) is 3.95. The maximum Gasteiger partial charge on any atom is 0.270 e. The first-order chi connectivity index (χ1) is 13.2. The van der Waals surface area contributed by atoms with Gasteiger partial charge in [0.05, 0.1) is 0 Å². The molecule has 0 unspecified atom stereocenters. The number of nitrogens with one attached hydrogen (secondary N) is 1. The highest BCUT2D eigenvalue weighted by Crippen LogP contribution is 2.22. The van der Waals surface area contributed by atoms with Gasteiger partial charge in [-0.3, -0.25) is 14.0 Å². The van der Waals surface area contributed by atoms with Gasteiger partial charge in [0, 0.05) is 18.1 Å². The number of anilines is 1. The van der Waals surface area contributed by atoms with E-state index in [0.717, 1.165) is 5.75 Å². The molecule has 0 fully saturated rings. The van der Waals surface area contributed by atoms with Gasteiger partial charge in [0.1, 0.15) is 22.7 Å². The standard InChI is InChI=1S/C21H15N3O3/c25-20(18-14-22-19-8-4-5-13-24(19)21(18)26)23-15-9-11-17(12-10-15)27-16-6-2-1-3-7-16/h1-14H,(H,23,25). The Bertz CT molecular complexity index is 1150. The van der Waals surface area contributed by atoms with Gasteiger partial charge in [-0.2, -0.15) is 0 Å². The lowest BCUT2D eigenvalue weighted by molar-refractivity contribution is 0.102. The Morgan fingerprint density at radius 1 is 0.889 bits per heavy atom. The summed E-state index contributed by atoms with van der Waals surface area (Å²) in [5.41, 5.74) is 0.602. The first-order valence-corrected chi connectivity index (χ1v) is 8.31. The average Bonchev–Trinajstić information content (AvgIpc) is 2.71. The maximum atomic E-state index is 12.5. The van der Waals surface area contributed by atoms with Crippen LogP contribution in [0.25, 0.3) is 5.65 Å². The summed E-state index contributed by atoms with van der Waals surface area (Å²) in [4.78, 5) is 29.1. The molecular weight excluding hydrogens is 342 g/mol. The molecule has 6 nitrogen and oxygen atoms in total. The number of hydrogen-bond acceptors (Lipinski definition) is 4. The van der Waals surface area contributed by atoms with Crippen molar-refractivity contribution in [3.05, 3.63) is 101 Å². The molecule has 0 aliphatic rings. The average molecular weight is 357 g/mol. The van der Waals surface area contributed by atoms with E-state index in [1.807, 2.05) is 30.3 Å². The van der Waals surface area contributed by atoms with E-state index in [2.05, 4.69) is 10.3 Å². The quantitative estimate of drug-likeness (QED) is 0.604. The Hall–Kier alpha value is -3.93. The zero-order valence-electron chi connectivity index (χ0n) is 14.2. The minimum atomic E-state index is -0.512. The zero-order chi connectivity index (χ0) is 18.6. The van der Waals surface area contributed by atoms with E-state index in [1.165, 1.54) is 10.6 Å².